The Morgan fingerprint density at radius 1 is 1.29 bits per heavy atom. The smallest absolute Gasteiger partial charge is 0.257 e. The molecule has 1 N–H and O–H groups in total. The summed E-state index contributed by atoms with van der Waals surface area (Å²) < 4.78 is 6.06. The minimum absolute atomic E-state index is 0.0637. The van der Waals surface area contributed by atoms with Crippen molar-refractivity contribution in [3.63, 3.8) is 0 Å². The number of nitrogens with one attached hydrogen (secondary N) is 1. The van der Waals surface area contributed by atoms with Crippen LogP contribution in [0.3, 0.4) is 0 Å². The monoisotopic (exact) mass is 325 g/mol. The molecule has 0 spiro atoms. The largest absolute Gasteiger partial charge is 0.484 e. The Kier molecular flexibility index (Phi) is 6.77. The lowest BCUT2D eigenvalue weighted by atomic mass is 10.2. The van der Waals surface area contributed by atoms with E-state index < -0.39 is 0 Å². The van der Waals surface area contributed by atoms with E-state index in [1.54, 1.807) is 0 Å². The molecule has 0 aromatic heterocycles. The second kappa shape index (κ2) is 8.59. The third-order valence-corrected chi connectivity index (χ3v) is 6.07. The molecule has 3 nitrogen and oxygen atoms in total. The zero-order chi connectivity index (χ0) is 15.1. The van der Waals surface area contributed by atoms with Crippen molar-refractivity contribution in [2.45, 2.75) is 24.9 Å². The number of carbonyl (C=O) groups excluding carboxylic acids is 1. The van der Waals surface area contributed by atoms with Crippen molar-refractivity contribution in [2.24, 2.45) is 5.92 Å². The van der Waals surface area contributed by atoms with Crippen LogP contribution in [0.25, 0.3) is 0 Å². The molecule has 5 heteroatoms. The molecule has 0 aliphatic carbocycles. The van der Waals surface area contributed by atoms with Gasteiger partial charge in [0.15, 0.2) is 6.61 Å². The molecule has 116 valence electrons. The Hall–Kier alpha value is -0.810. The Bertz CT molecular complexity index is 442. The predicted molar refractivity (Wildman–Crippen MR) is 92.1 cm³/mol. The highest BCUT2D eigenvalue weighted by Crippen LogP contribution is 2.43. The van der Waals surface area contributed by atoms with Gasteiger partial charge in [0.05, 0.1) is 4.58 Å². The maximum atomic E-state index is 11.6. The van der Waals surface area contributed by atoms with Gasteiger partial charge in [0.25, 0.3) is 5.91 Å². The molecule has 1 aromatic rings. The van der Waals surface area contributed by atoms with Gasteiger partial charge in [-0.05, 0) is 41.5 Å². The van der Waals surface area contributed by atoms with Crippen LogP contribution in [0.2, 0.25) is 0 Å². The molecule has 0 radical (unpaired) electrons. The summed E-state index contributed by atoms with van der Waals surface area (Å²) in [7, 11) is 0. The van der Waals surface area contributed by atoms with E-state index in [-0.39, 0.29) is 12.5 Å². The Morgan fingerprint density at radius 2 is 1.95 bits per heavy atom. The highest BCUT2D eigenvalue weighted by Gasteiger charge is 2.16. The van der Waals surface area contributed by atoms with Gasteiger partial charge in [-0.25, -0.2) is 0 Å². The fourth-order valence-corrected chi connectivity index (χ4v) is 4.81. The van der Waals surface area contributed by atoms with Crippen LogP contribution >= 0.6 is 23.5 Å². The van der Waals surface area contributed by atoms with Crippen LogP contribution in [0.1, 0.15) is 30.4 Å². The first kappa shape index (κ1) is 16.6. The summed E-state index contributed by atoms with van der Waals surface area (Å²) in [4.78, 5) is 11.6. The minimum atomic E-state index is -0.0637. The lowest BCUT2D eigenvalue weighted by Gasteiger charge is -2.21. The molecule has 1 aromatic carbocycles. The molecule has 1 saturated heterocycles. The van der Waals surface area contributed by atoms with Crippen molar-refractivity contribution in [2.75, 3.05) is 24.7 Å². The molecule has 0 atom stereocenters. The second-order valence-corrected chi connectivity index (χ2v) is 8.21. The summed E-state index contributed by atoms with van der Waals surface area (Å²) in [6, 6.07) is 8.14. The fourth-order valence-electron chi connectivity index (χ4n) is 1.92. The summed E-state index contributed by atoms with van der Waals surface area (Å²) >= 11 is 4.02. The summed E-state index contributed by atoms with van der Waals surface area (Å²) in [5, 5.41) is 2.84. The molecule has 1 fully saturated rings. The van der Waals surface area contributed by atoms with Gasteiger partial charge in [0.1, 0.15) is 5.75 Å². The van der Waals surface area contributed by atoms with Crippen molar-refractivity contribution >= 4 is 29.4 Å². The van der Waals surface area contributed by atoms with E-state index in [0.29, 0.717) is 17.0 Å². The van der Waals surface area contributed by atoms with Gasteiger partial charge >= 0.3 is 0 Å². The Balaban J connectivity index is 1.78. The van der Waals surface area contributed by atoms with Gasteiger partial charge in [-0.3, -0.25) is 4.79 Å². The van der Waals surface area contributed by atoms with Gasteiger partial charge in [-0.1, -0.05) is 26.0 Å². The van der Waals surface area contributed by atoms with E-state index in [0.717, 1.165) is 5.75 Å². The molecule has 2 rings (SSSR count). The van der Waals surface area contributed by atoms with Gasteiger partial charge in [0, 0.05) is 6.54 Å². The average Bonchev–Trinajstić information content (AvgIpc) is 2.52. The van der Waals surface area contributed by atoms with Crippen molar-refractivity contribution in [1.82, 2.24) is 5.32 Å². The SMILES string of the molecule is CC(C)CNC(=O)COc1ccc(C2SCCCS2)cc1. The zero-order valence-electron chi connectivity index (χ0n) is 12.6. The van der Waals surface area contributed by atoms with Gasteiger partial charge in [-0.15, -0.1) is 23.5 Å². The average molecular weight is 325 g/mol. The van der Waals surface area contributed by atoms with E-state index in [1.165, 1.54) is 23.5 Å². The first-order valence-electron chi connectivity index (χ1n) is 7.38. The first-order chi connectivity index (χ1) is 10.1. The third kappa shape index (κ3) is 5.83. The van der Waals surface area contributed by atoms with Crippen LogP contribution in [0.4, 0.5) is 0 Å². The number of hydrogen-bond donors (Lipinski definition) is 1. The van der Waals surface area contributed by atoms with Crippen LogP contribution in [0.15, 0.2) is 24.3 Å². The predicted octanol–water partition coefficient (Wildman–Crippen LogP) is 3.71. The normalized spacial score (nSPS) is 16.0. The molecule has 0 unspecified atom stereocenters. The maximum absolute atomic E-state index is 11.6. The molecule has 0 saturated carbocycles. The Labute approximate surface area is 135 Å². The topological polar surface area (TPSA) is 38.3 Å². The van der Waals surface area contributed by atoms with E-state index >= 15 is 0 Å². The van der Waals surface area contributed by atoms with Crippen LogP contribution in [0.5, 0.6) is 5.75 Å². The van der Waals surface area contributed by atoms with Crippen molar-refractivity contribution in [3.05, 3.63) is 29.8 Å². The summed E-state index contributed by atoms with van der Waals surface area (Å²) in [6.45, 7) is 4.92. The summed E-state index contributed by atoms with van der Waals surface area (Å²) in [6.07, 6.45) is 1.30. The lowest BCUT2D eigenvalue weighted by Crippen LogP contribution is -2.31. The number of benzene rings is 1. The number of hydrogen-bond acceptors (Lipinski definition) is 4. The molecule has 0 bridgehead atoms. The maximum Gasteiger partial charge on any atom is 0.257 e. The molecule has 1 amide bonds. The molecule has 1 aliphatic rings. The zero-order valence-corrected chi connectivity index (χ0v) is 14.3. The third-order valence-electron chi connectivity index (χ3n) is 3.06. The molecule has 1 heterocycles. The molecular formula is C16H23NO2S2. The highest BCUT2D eigenvalue weighted by molar-refractivity contribution is 8.16. The fraction of sp³-hybridized carbons (Fsp3) is 0.562. The van der Waals surface area contributed by atoms with Crippen LogP contribution in [0, 0.1) is 5.92 Å². The number of rotatable bonds is 6. The van der Waals surface area contributed by atoms with Crippen LogP contribution < -0.4 is 10.1 Å². The van der Waals surface area contributed by atoms with Crippen LogP contribution in [-0.2, 0) is 4.79 Å². The second-order valence-electron chi connectivity index (χ2n) is 5.48. The van der Waals surface area contributed by atoms with E-state index in [2.05, 4.69) is 31.3 Å². The van der Waals surface area contributed by atoms with Gasteiger partial charge in [-0.2, -0.15) is 0 Å². The number of thioether (sulfide) groups is 2. The number of ether oxygens (including phenoxy) is 1. The summed E-state index contributed by atoms with van der Waals surface area (Å²) in [5.74, 6) is 3.63. The first-order valence-corrected chi connectivity index (χ1v) is 9.47. The molecule has 21 heavy (non-hydrogen) atoms. The van der Waals surface area contributed by atoms with Crippen molar-refractivity contribution < 1.29 is 9.53 Å². The number of carbonyl (C=O) groups is 1. The van der Waals surface area contributed by atoms with Gasteiger partial charge in [0.2, 0.25) is 0 Å². The van der Waals surface area contributed by atoms with E-state index in [1.807, 2.05) is 35.7 Å². The number of amides is 1. The molecular weight excluding hydrogens is 302 g/mol. The van der Waals surface area contributed by atoms with Gasteiger partial charge < -0.3 is 10.1 Å². The lowest BCUT2D eigenvalue weighted by molar-refractivity contribution is -0.123. The standard InChI is InChI=1S/C16H23NO2S2/c1-12(2)10-17-15(18)11-19-14-6-4-13(5-7-14)16-20-8-3-9-21-16/h4-7,12,16H,3,8-11H2,1-2H3,(H,17,18). The Morgan fingerprint density at radius 3 is 2.57 bits per heavy atom. The quantitative estimate of drug-likeness (QED) is 0.865. The van der Waals surface area contributed by atoms with E-state index in [4.69, 9.17) is 4.74 Å². The summed E-state index contributed by atoms with van der Waals surface area (Å²) in [5.41, 5.74) is 1.33. The van der Waals surface area contributed by atoms with Crippen LogP contribution in [-0.4, -0.2) is 30.6 Å². The minimum Gasteiger partial charge on any atom is -0.484 e. The molecule has 1 aliphatic heterocycles. The van der Waals surface area contributed by atoms with Crippen molar-refractivity contribution in [1.29, 1.82) is 0 Å². The van der Waals surface area contributed by atoms with E-state index in [9.17, 15) is 4.79 Å². The van der Waals surface area contributed by atoms with Crippen molar-refractivity contribution in [3.8, 4) is 5.75 Å². The highest BCUT2D eigenvalue weighted by atomic mass is 32.2.